The minimum absolute atomic E-state index is 0.168. The van der Waals surface area contributed by atoms with Gasteiger partial charge in [0, 0.05) is 31.4 Å². The van der Waals surface area contributed by atoms with E-state index in [-0.39, 0.29) is 12.4 Å². The van der Waals surface area contributed by atoms with Crippen LogP contribution in [0.3, 0.4) is 0 Å². The van der Waals surface area contributed by atoms with Gasteiger partial charge in [0.15, 0.2) is 5.82 Å². The highest BCUT2D eigenvalue weighted by Gasteiger charge is 2.23. The van der Waals surface area contributed by atoms with Gasteiger partial charge in [-0.05, 0) is 25.3 Å². The van der Waals surface area contributed by atoms with Crippen molar-refractivity contribution >= 4 is 17.5 Å². The third-order valence-corrected chi connectivity index (χ3v) is 3.58. The van der Waals surface area contributed by atoms with E-state index in [9.17, 15) is 9.18 Å². The summed E-state index contributed by atoms with van der Waals surface area (Å²) >= 11 is 0. The van der Waals surface area contributed by atoms with E-state index in [1.807, 2.05) is 0 Å². The van der Waals surface area contributed by atoms with Crippen molar-refractivity contribution in [2.45, 2.75) is 19.3 Å². The number of rotatable bonds is 6. The molecule has 6 nitrogen and oxygen atoms in total. The fraction of sp³-hybridized carbons (Fsp3) is 0.375. The number of carboxylic acids is 1. The summed E-state index contributed by atoms with van der Waals surface area (Å²) in [6.45, 7) is 3.20. The number of aliphatic imine (C=N–C) groups is 1. The van der Waals surface area contributed by atoms with Gasteiger partial charge in [-0.25, -0.2) is 14.4 Å². The van der Waals surface area contributed by atoms with E-state index < -0.39 is 11.8 Å². The van der Waals surface area contributed by atoms with E-state index in [1.165, 1.54) is 13.1 Å². The molecular weight excluding hydrogens is 299 g/mol. The standard InChI is InChI=1S/C16H19FN4O2/c1-4-10(17)8-13(18-2)15-19-12-7-5-6-11(12)16(20-15)21(3)9-14(22)23/h4,8H,1,5-7,9H2,2-3H3,(H,22,23)/b10-8+,18-13?. The van der Waals surface area contributed by atoms with E-state index in [1.54, 1.807) is 11.9 Å². The fourth-order valence-corrected chi connectivity index (χ4v) is 2.54. The number of hydrogen-bond acceptors (Lipinski definition) is 5. The number of hydrogen-bond donors (Lipinski definition) is 1. The first kappa shape index (κ1) is 16.8. The number of halogens is 1. The molecule has 0 spiro atoms. The van der Waals surface area contributed by atoms with Crippen molar-refractivity contribution < 1.29 is 14.3 Å². The van der Waals surface area contributed by atoms with Crippen LogP contribution in [0.15, 0.2) is 29.6 Å². The number of aromatic nitrogens is 2. The molecule has 0 aromatic carbocycles. The maximum atomic E-state index is 13.5. The molecule has 1 aromatic heterocycles. The summed E-state index contributed by atoms with van der Waals surface area (Å²) in [6.07, 6.45) is 4.84. The molecule has 0 saturated carbocycles. The normalized spacial score (nSPS) is 14.6. The van der Waals surface area contributed by atoms with E-state index in [4.69, 9.17) is 5.11 Å². The second kappa shape index (κ2) is 7.13. The summed E-state index contributed by atoms with van der Waals surface area (Å²) in [5.41, 5.74) is 2.12. The largest absolute Gasteiger partial charge is 0.480 e. The van der Waals surface area contributed by atoms with E-state index in [0.29, 0.717) is 11.5 Å². The molecule has 122 valence electrons. The van der Waals surface area contributed by atoms with Crippen LogP contribution in [-0.2, 0) is 17.6 Å². The maximum Gasteiger partial charge on any atom is 0.323 e. The number of fused-ring (bicyclic) bond motifs is 1. The predicted octanol–water partition coefficient (Wildman–Crippen LogP) is 1.94. The molecule has 1 aliphatic carbocycles. The molecule has 0 unspecified atom stereocenters. The second-order valence-corrected chi connectivity index (χ2v) is 5.24. The molecule has 0 fully saturated rings. The lowest BCUT2D eigenvalue weighted by Gasteiger charge is -2.19. The number of nitrogens with zero attached hydrogens (tertiary/aromatic N) is 4. The molecule has 1 N–H and O–H groups in total. The zero-order valence-corrected chi connectivity index (χ0v) is 13.2. The Bertz CT molecular complexity index is 698. The van der Waals surface area contributed by atoms with Crippen molar-refractivity contribution in [3.8, 4) is 0 Å². The van der Waals surface area contributed by atoms with Gasteiger partial charge in [-0.2, -0.15) is 0 Å². The lowest BCUT2D eigenvalue weighted by atomic mass is 10.2. The predicted molar refractivity (Wildman–Crippen MR) is 86.8 cm³/mol. The summed E-state index contributed by atoms with van der Waals surface area (Å²) in [7, 11) is 3.20. The number of aliphatic carboxylic acids is 1. The average molecular weight is 318 g/mol. The molecule has 2 rings (SSSR count). The van der Waals surface area contributed by atoms with Crippen LogP contribution in [0, 0.1) is 0 Å². The van der Waals surface area contributed by atoms with Crippen LogP contribution >= 0.6 is 0 Å². The van der Waals surface area contributed by atoms with Crippen molar-refractivity contribution in [1.29, 1.82) is 0 Å². The van der Waals surface area contributed by atoms with Gasteiger partial charge in [0.25, 0.3) is 0 Å². The van der Waals surface area contributed by atoms with Crippen LogP contribution in [0.4, 0.5) is 10.2 Å². The zero-order chi connectivity index (χ0) is 17.0. The Morgan fingerprint density at radius 2 is 2.22 bits per heavy atom. The first-order chi connectivity index (χ1) is 11.0. The monoisotopic (exact) mass is 318 g/mol. The Balaban J connectivity index is 2.50. The Kier molecular flexibility index (Phi) is 5.20. The fourth-order valence-electron chi connectivity index (χ4n) is 2.54. The average Bonchev–Trinajstić information content (AvgIpc) is 2.98. The van der Waals surface area contributed by atoms with Crippen molar-refractivity contribution in [2.75, 3.05) is 25.5 Å². The lowest BCUT2D eigenvalue weighted by molar-refractivity contribution is -0.135. The van der Waals surface area contributed by atoms with Crippen LogP contribution in [0.25, 0.3) is 0 Å². The molecule has 0 aliphatic heterocycles. The first-order valence-corrected chi connectivity index (χ1v) is 7.25. The molecular formula is C16H19FN4O2. The minimum atomic E-state index is -0.943. The lowest BCUT2D eigenvalue weighted by Crippen LogP contribution is -2.28. The SMILES string of the molecule is C=C/C(F)=C\C(=NC)c1nc2c(c(N(C)CC(=O)O)n1)CCC2. The van der Waals surface area contributed by atoms with Gasteiger partial charge in [-0.15, -0.1) is 0 Å². The molecule has 7 heteroatoms. The summed E-state index contributed by atoms with van der Waals surface area (Å²) in [5, 5.41) is 8.99. The van der Waals surface area contributed by atoms with Crippen LogP contribution in [0.5, 0.6) is 0 Å². The molecule has 23 heavy (non-hydrogen) atoms. The van der Waals surface area contributed by atoms with Crippen molar-refractivity contribution in [3.63, 3.8) is 0 Å². The van der Waals surface area contributed by atoms with Gasteiger partial charge < -0.3 is 10.0 Å². The number of carboxylic acid groups (broad SMARTS) is 1. The van der Waals surface area contributed by atoms with Gasteiger partial charge in [-0.1, -0.05) is 6.58 Å². The van der Waals surface area contributed by atoms with E-state index in [2.05, 4.69) is 21.5 Å². The summed E-state index contributed by atoms with van der Waals surface area (Å²) < 4.78 is 13.5. The number of likely N-dealkylation sites (N-methyl/N-ethyl adjacent to an activating group) is 1. The smallest absolute Gasteiger partial charge is 0.323 e. The summed E-state index contributed by atoms with van der Waals surface area (Å²) in [5.74, 6) is -0.618. The molecule has 1 aromatic rings. The molecule has 0 atom stereocenters. The summed E-state index contributed by atoms with van der Waals surface area (Å²) in [6, 6.07) is 0. The van der Waals surface area contributed by atoms with Gasteiger partial charge >= 0.3 is 5.97 Å². The van der Waals surface area contributed by atoms with Crippen LogP contribution in [0.1, 0.15) is 23.5 Å². The van der Waals surface area contributed by atoms with Gasteiger partial charge in [0.1, 0.15) is 23.9 Å². The molecule has 0 radical (unpaired) electrons. The number of aryl methyl sites for hydroxylation is 1. The van der Waals surface area contributed by atoms with Gasteiger partial charge in [0.05, 0.1) is 0 Å². The topological polar surface area (TPSA) is 78.7 Å². The second-order valence-electron chi connectivity index (χ2n) is 5.24. The van der Waals surface area contributed by atoms with E-state index in [0.717, 1.165) is 36.6 Å². The van der Waals surface area contributed by atoms with Crippen LogP contribution in [0.2, 0.25) is 0 Å². The van der Waals surface area contributed by atoms with Gasteiger partial charge in [0.2, 0.25) is 0 Å². The van der Waals surface area contributed by atoms with Crippen molar-refractivity contribution in [3.05, 3.63) is 41.6 Å². The Morgan fingerprint density at radius 3 is 2.83 bits per heavy atom. The molecule has 0 saturated heterocycles. The van der Waals surface area contributed by atoms with Gasteiger partial charge in [-0.3, -0.25) is 9.79 Å². The van der Waals surface area contributed by atoms with Crippen molar-refractivity contribution in [1.82, 2.24) is 9.97 Å². The maximum absolute atomic E-state index is 13.5. The molecule has 0 bridgehead atoms. The third kappa shape index (κ3) is 3.80. The molecule has 1 aliphatic rings. The highest BCUT2D eigenvalue weighted by Crippen LogP contribution is 2.28. The number of anilines is 1. The Labute approximate surface area is 134 Å². The number of carbonyl (C=O) groups is 1. The quantitative estimate of drug-likeness (QED) is 0.640. The Hall–Kier alpha value is -2.57. The first-order valence-electron chi connectivity index (χ1n) is 7.25. The van der Waals surface area contributed by atoms with E-state index >= 15 is 0 Å². The third-order valence-electron chi connectivity index (χ3n) is 3.58. The zero-order valence-electron chi connectivity index (χ0n) is 13.2. The van der Waals surface area contributed by atoms with Crippen LogP contribution in [-0.4, -0.2) is 47.4 Å². The summed E-state index contributed by atoms with van der Waals surface area (Å²) in [4.78, 5) is 25.5. The molecule has 1 heterocycles. The van der Waals surface area contributed by atoms with Crippen molar-refractivity contribution in [2.24, 2.45) is 4.99 Å². The van der Waals surface area contributed by atoms with Crippen LogP contribution < -0.4 is 4.90 Å². The minimum Gasteiger partial charge on any atom is -0.480 e. The highest BCUT2D eigenvalue weighted by atomic mass is 19.1. The number of allylic oxidation sites excluding steroid dienone is 3. The Morgan fingerprint density at radius 1 is 1.48 bits per heavy atom. The molecule has 0 amide bonds. The highest BCUT2D eigenvalue weighted by molar-refractivity contribution is 6.06.